The highest BCUT2D eigenvalue weighted by Crippen LogP contribution is 2.36. The lowest BCUT2D eigenvalue weighted by Crippen LogP contribution is -2.23. The summed E-state index contributed by atoms with van der Waals surface area (Å²) < 4.78 is 20.3. The molecule has 1 atom stereocenters. The van der Waals surface area contributed by atoms with E-state index in [-0.39, 0.29) is 22.9 Å². The van der Waals surface area contributed by atoms with E-state index in [0.717, 1.165) is 6.92 Å². The molecule has 0 aromatic heterocycles. The van der Waals surface area contributed by atoms with Crippen molar-refractivity contribution in [3.63, 3.8) is 0 Å². The average molecular weight is 461 g/mol. The van der Waals surface area contributed by atoms with E-state index in [1.54, 1.807) is 30.3 Å². The Kier molecular flexibility index (Phi) is 10.2. The summed E-state index contributed by atoms with van der Waals surface area (Å²) >= 11 is 0. The first kappa shape index (κ1) is 26.8. The van der Waals surface area contributed by atoms with Crippen LogP contribution in [0.5, 0.6) is 11.5 Å². The van der Waals surface area contributed by atoms with Crippen LogP contribution in [0, 0.1) is 5.41 Å². The fourth-order valence-corrected chi connectivity index (χ4v) is 2.72. The molecule has 11 heteroatoms. The third-order valence-electron chi connectivity index (χ3n) is 4.18. The summed E-state index contributed by atoms with van der Waals surface area (Å²) in [6, 6.07) is 8.74. The zero-order chi connectivity index (χ0) is 25.1. The minimum Gasteiger partial charge on any atom is -0.493 e. The van der Waals surface area contributed by atoms with Crippen LogP contribution in [0.25, 0.3) is 0 Å². The van der Waals surface area contributed by atoms with Gasteiger partial charge in [0.2, 0.25) is 0 Å². The van der Waals surface area contributed by atoms with Gasteiger partial charge in [-0.25, -0.2) is 9.59 Å². The number of rotatable bonds is 8. The monoisotopic (exact) mass is 461 g/mol. The fraction of sp³-hybridized carbons (Fsp3) is 0.273. The van der Waals surface area contributed by atoms with Crippen molar-refractivity contribution in [2.75, 3.05) is 33.8 Å². The van der Waals surface area contributed by atoms with Crippen LogP contribution >= 0.6 is 0 Å². The predicted octanol–water partition coefficient (Wildman–Crippen LogP) is 2.19. The Morgan fingerprint density at radius 2 is 1.58 bits per heavy atom. The largest absolute Gasteiger partial charge is 0.493 e. The number of carbonyl (C=O) groups excluding carboxylic acids is 2. The second-order valence-corrected chi connectivity index (χ2v) is 6.41. The van der Waals surface area contributed by atoms with E-state index in [9.17, 15) is 9.59 Å². The molecule has 0 spiro atoms. The van der Waals surface area contributed by atoms with E-state index in [4.69, 9.17) is 40.0 Å². The van der Waals surface area contributed by atoms with Crippen molar-refractivity contribution in [3.8, 4) is 11.5 Å². The van der Waals surface area contributed by atoms with Crippen LogP contribution in [0.15, 0.2) is 36.4 Å². The molecule has 5 N–H and O–H groups in total. The van der Waals surface area contributed by atoms with Crippen molar-refractivity contribution < 1.29 is 38.4 Å². The molecule has 1 unspecified atom stereocenters. The van der Waals surface area contributed by atoms with Gasteiger partial charge in [-0.05, 0) is 42.0 Å². The van der Waals surface area contributed by atoms with E-state index < -0.39 is 23.9 Å². The number of benzene rings is 2. The molecular weight excluding hydrogens is 434 g/mol. The molecule has 2 aromatic rings. The van der Waals surface area contributed by atoms with Crippen molar-refractivity contribution in [1.29, 1.82) is 5.41 Å². The SMILES string of the molecule is CC(=O)O.COC(=O)c1cc(C(Nc2ccc(C(=N)N)cc2)C(=O)OC)cc(OC)c1OC. The number of carboxylic acids is 1. The molecule has 2 aromatic carbocycles. The number of carbonyl (C=O) groups is 3. The molecule has 0 fully saturated rings. The summed E-state index contributed by atoms with van der Waals surface area (Å²) in [5.41, 5.74) is 7.10. The van der Waals surface area contributed by atoms with Gasteiger partial charge in [-0.3, -0.25) is 10.2 Å². The van der Waals surface area contributed by atoms with Crippen molar-refractivity contribution in [3.05, 3.63) is 53.1 Å². The van der Waals surface area contributed by atoms with Crippen LogP contribution in [0.3, 0.4) is 0 Å². The van der Waals surface area contributed by atoms with Gasteiger partial charge in [0.15, 0.2) is 17.5 Å². The Morgan fingerprint density at radius 3 is 2.00 bits per heavy atom. The lowest BCUT2D eigenvalue weighted by Gasteiger charge is -2.21. The van der Waals surface area contributed by atoms with Gasteiger partial charge in [0.25, 0.3) is 5.97 Å². The molecule has 0 aliphatic carbocycles. The van der Waals surface area contributed by atoms with Crippen molar-refractivity contribution in [2.24, 2.45) is 5.73 Å². The van der Waals surface area contributed by atoms with Gasteiger partial charge in [0, 0.05) is 18.2 Å². The van der Waals surface area contributed by atoms with E-state index in [1.165, 1.54) is 34.5 Å². The second kappa shape index (κ2) is 12.5. The Hall–Kier alpha value is -4.28. The van der Waals surface area contributed by atoms with Gasteiger partial charge in [-0.1, -0.05) is 0 Å². The van der Waals surface area contributed by atoms with E-state index in [0.29, 0.717) is 16.8 Å². The zero-order valence-corrected chi connectivity index (χ0v) is 18.9. The molecule has 0 saturated heterocycles. The molecule has 0 radical (unpaired) electrons. The number of nitrogens with one attached hydrogen (secondary N) is 2. The molecule has 0 aliphatic rings. The summed E-state index contributed by atoms with van der Waals surface area (Å²) in [4.78, 5) is 33.7. The maximum atomic E-state index is 12.5. The second-order valence-electron chi connectivity index (χ2n) is 6.41. The number of hydrogen-bond acceptors (Lipinski definition) is 9. The summed E-state index contributed by atoms with van der Waals surface area (Å²) in [6.07, 6.45) is 0. The summed E-state index contributed by atoms with van der Waals surface area (Å²) in [6.45, 7) is 1.08. The summed E-state index contributed by atoms with van der Waals surface area (Å²) in [5, 5.41) is 17.9. The number of esters is 2. The molecule has 11 nitrogen and oxygen atoms in total. The van der Waals surface area contributed by atoms with Crippen LogP contribution in [0.1, 0.15) is 34.5 Å². The number of nitrogens with two attached hydrogens (primary N) is 1. The number of carboxylic acid groups (broad SMARTS) is 1. The molecule has 0 aliphatic heterocycles. The first-order chi connectivity index (χ1) is 15.6. The van der Waals surface area contributed by atoms with Crippen LogP contribution in [0.2, 0.25) is 0 Å². The molecule has 0 amide bonds. The van der Waals surface area contributed by atoms with Gasteiger partial charge in [0.05, 0.1) is 28.4 Å². The zero-order valence-electron chi connectivity index (χ0n) is 18.9. The number of amidine groups is 1. The van der Waals surface area contributed by atoms with Crippen LogP contribution in [0.4, 0.5) is 5.69 Å². The third-order valence-corrected chi connectivity index (χ3v) is 4.18. The van der Waals surface area contributed by atoms with Crippen LogP contribution in [-0.4, -0.2) is 57.3 Å². The van der Waals surface area contributed by atoms with Gasteiger partial charge in [0.1, 0.15) is 11.4 Å². The molecule has 0 saturated carbocycles. The predicted molar refractivity (Wildman–Crippen MR) is 120 cm³/mol. The first-order valence-electron chi connectivity index (χ1n) is 9.42. The molecule has 0 bridgehead atoms. The first-order valence-corrected chi connectivity index (χ1v) is 9.42. The summed E-state index contributed by atoms with van der Waals surface area (Å²) in [5.74, 6) is -1.67. The Balaban J connectivity index is 0.00000125. The molecular formula is C22H27N3O8. The van der Waals surface area contributed by atoms with Gasteiger partial charge in [-0.2, -0.15) is 0 Å². The highest BCUT2D eigenvalue weighted by molar-refractivity contribution is 5.96. The van der Waals surface area contributed by atoms with Crippen LogP contribution < -0.4 is 20.5 Å². The number of ether oxygens (including phenoxy) is 4. The van der Waals surface area contributed by atoms with Crippen LogP contribution in [-0.2, 0) is 19.1 Å². The average Bonchev–Trinajstić information content (AvgIpc) is 2.80. The topological polar surface area (TPSA) is 170 Å². The normalized spacial score (nSPS) is 10.6. The van der Waals surface area contributed by atoms with E-state index in [1.807, 2.05) is 0 Å². The lowest BCUT2D eigenvalue weighted by molar-refractivity contribution is -0.141. The number of anilines is 1. The number of aliphatic carboxylic acids is 1. The molecule has 178 valence electrons. The van der Waals surface area contributed by atoms with Crippen molar-refractivity contribution in [1.82, 2.24) is 0 Å². The summed E-state index contributed by atoms with van der Waals surface area (Å²) in [7, 11) is 5.33. The standard InChI is InChI=1S/C20H23N3O6.C2H4O2/c1-26-15-10-12(9-14(17(15)27-2)19(24)28-3)16(20(25)29-4)23-13-7-5-11(6-8-13)18(21)22;1-2(3)4/h5-10,16,23H,1-4H3,(H3,21,22);1H3,(H,3,4). The Morgan fingerprint density at radius 1 is 1.00 bits per heavy atom. The molecule has 33 heavy (non-hydrogen) atoms. The van der Waals surface area contributed by atoms with Crippen molar-refractivity contribution in [2.45, 2.75) is 13.0 Å². The van der Waals surface area contributed by atoms with Gasteiger partial charge in [-0.15, -0.1) is 0 Å². The highest BCUT2D eigenvalue weighted by atomic mass is 16.5. The highest BCUT2D eigenvalue weighted by Gasteiger charge is 2.27. The van der Waals surface area contributed by atoms with Gasteiger partial charge < -0.3 is 35.1 Å². The van der Waals surface area contributed by atoms with E-state index in [2.05, 4.69) is 5.32 Å². The van der Waals surface area contributed by atoms with Crippen molar-refractivity contribution >= 4 is 29.4 Å². The minimum atomic E-state index is -0.952. The number of hydrogen-bond donors (Lipinski definition) is 4. The van der Waals surface area contributed by atoms with E-state index >= 15 is 0 Å². The molecule has 0 heterocycles. The maximum absolute atomic E-state index is 12.5. The fourth-order valence-electron chi connectivity index (χ4n) is 2.72. The van der Waals surface area contributed by atoms with Gasteiger partial charge >= 0.3 is 11.9 Å². The Labute approximate surface area is 190 Å². The lowest BCUT2D eigenvalue weighted by atomic mass is 10.0. The number of methoxy groups -OCH3 is 4. The third kappa shape index (κ3) is 7.42. The number of nitrogen functional groups attached to an aromatic ring is 1. The maximum Gasteiger partial charge on any atom is 0.341 e. The minimum absolute atomic E-state index is 0.0660. The smallest absolute Gasteiger partial charge is 0.341 e. The Bertz CT molecular complexity index is 1000. The quantitative estimate of drug-likeness (QED) is 0.259. The molecule has 2 rings (SSSR count).